The van der Waals surface area contributed by atoms with Crippen LogP contribution in [-0.2, 0) is 11.4 Å². The summed E-state index contributed by atoms with van der Waals surface area (Å²) in [5.41, 5.74) is 1.45. The summed E-state index contributed by atoms with van der Waals surface area (Å²) in [5, 5.41) is 9.23. The van der Waals surface area contributed by atoms with Gasteiger partial charge in [-0.2, -0.15) is 0 Å². The molecule has 0 amide bonds. The third kappa shape index (κ3) is 6.22. The van der Waals surface area contributed by atoms with Gasteiger partial charge in [-0.1, -0.05) is 44.2 Å². The van der Waals surface area contributed by atoms with E-state index >= 15 is 0 Å². The summed E-state index contributed by atoms with van der Waals surface area (Å²) >= 11 is 2.12. The van der Waals surface area contributed by atoms with Crippen molar-refractivity contribution in [2.75, 3.05) is 6.61 Å². The zero-order valence-corrected chi connectivity index (χ0v) is 18.3. The molecule has 0 aromatic heterocycles. The van der Waals surface area contributed by atoms with Crippen molar-refractivity contribution in [2.45, 2.75) is 39.7 Å². The molecule has 0 aliphatic rings. The van der Waals surface area contributed by atoms with Crippen LogP contribution in [0.4, 0.5) is 0 Å². The summed E-state index contributed by atoms with van der Waals surface area (Å²) in [4.78, 5) is 23.9. The van der Waals surface area contributed by atoms with Gasteiger partial charge in [0.1, 0.15) is 6.61 Å². The number of Topliss-reactive ketones (excluding diaryl/α,β-unsaturated/α-hetero) is 1. The second-order valence-corrected chi connectivity index (χ2v) is 7.64. The van der Waals surface area contributed by atoms with E-state index in [9.17, 15) is 14.7 Å². The number of carbonyl (C=O) groups excluding carboxylic acids is 1. The molecule has 1 unspecified atom stereocenters. The smallest absolute Gasteiger partial charge is 0.306 e. The van der Waals surface area contributed by atoms with Gasteiger partial charge in [-0.15, -0.1) is 0 Å². The van der Waals surface area contributed by atoms with E-state index < -0.39 is 11.9 Å². The van der Waals surface area contributed by atoms with E-state index in [2.05, 4.69) is 22.6 Å². The van der Waals surface area contributed by atoms with Gasteiger partial charge in [0.15, 0.2) is 17.3 Å². The van der Waals surface area contributed by atoms with Gasteiger partial charge in [0.2, 0.25) is 0 Å². The number of hydrogen-bond acceptors (Lipinski definition) is 4. The van der Waals surface area contributed by atoms with Crippen molar-refractivity contribution >= 4 is 34.3 Å². The van der Waals surface area contributed by atoms with Crippen LogP contribution in [0.1, 0.15) is 49.0 Å². The highest BCUT2D eigenvalue weighted by Gasteiger charge is 2.22. The minimum atomic E-state index is -0.950. The number of hydrogen-bond donors (Lipinski definition) is 1. The highest BCUT2D eigenvalue weighted by atomic mass is 127. The molecule has 5 nitrogen and oxygen atoms in total. The summed E-state index contributed by atoms with van der Waals surface area (Å²) in [7, 11) is 0. The lowest BCUT2D eigenvalue weighted by atomic mass is 9.96. The van der Waals surface area contributed by atoms with Gasteiger partial charge in [0, 0.05) is 12.0 Å². The predicted octanol–water partition coefficient (Wildman–Crippen LogP) is 5.34. The van der Waals surface area contributed by atoms with Crippen LogP contribution in [0.15, 0.2) is 42.5 Å². The first-order chi connectivity index (χ1) is 13.5. The van der Waals surface area contributed by atoms with Crippen molar-refractivity contribution < 1.29 is 24.2 Å². The Bertz CT molecular complexity index is 804. The Kier molecular flexibility index (Phi) is 8.76. The zero-order chi connectivity index (χ0) is 20.5. The average molecular weight is 496 g/mol. The summed E-state index contributed by atoms with van der Waals surface area (Å²) in [6.45, 7) is 4.68. The first-order valence-electron chi connectivity index (χ1n) is 9.35. The lowest BCUT2D eigenvalue weighted by molar-refractivity contribution is -0.141. The minimum absolute atomic E-state index is 0.0325. The van der Waals surface area contributed by atoms with Crippen LogP contribution >= 0.6 is 22.6 Å². The molecule has 2 aromatic rings. The maximum absolute atomic E-state index is 12.7. The highest BCUT2D eigenvalue weighted by Crippen LogP contribution is 2.35. The molecule has 1 atom stereocenters. The maximum atomic E-state index is 12.7. The largest absolute Gasteiger partial charge is 0.489 e. The number of carboxylic acids is 1. The van der Waals surface area contributed by atoms with Crippen molar-refractivity contribution in [3.63, 3.8) is 0 Å². The zero-order valence-electron chi connectivity index (χ0n) is 16.1. The number of rotatable bonds is 11. The van der Waals surface area contributed by atoms with Crippen LogP contribution in [0.25, 0.3) is 0 Å². The third-order valence-corrected chi connectivity index (χ3v) is 5.09. The van der Waals surface area contributed by atoms with Crippen molar-refractivity contribution in [2.24, 2.45) is 5.92 Å². The highest BCUT2D eigenvalue weighted by molar-refractivity contribution is 14.1. The lowest BCUT2D eigenvalue weighted by Gasteiger charge is -2.16. The Morgan fingerprint density at radius 1 is 1.11 bits per heavy atom. The average Bonchev–Trinajstić information content (AvgIpc) is 2.69. The van der Waals surface area contributed by atoms with Gasteiger partial charge in [-0.3, -0.25) is 9.59 Å². The van der Waals surface area contributed by atoms with Gasteiger partial charge in [0.25, 0.3) is 0 Å². The molecule has 0 heterocycles. The number of ether oxygens (including phenoxy) is 2. The van der Waals surface area contributed by atoms with E-state index in [1.807, 2.05) is 37.3 Å². The number of aliphatic carboxylic acids is 1. The molecule has 0 bridgehead atoms. The molecule has 2 aromatic carbocycles. The third-order valence-electron chi connectivity index (χ3n) is 4.29. The summed E-state index contributed by atoms with van der Waals surface area (Å²) in [6, 6.07) is 13.1. The van der Waals surface area contributed by atoms with E-state index in [-0.39, 0.29) is 12.2 Å². The molecule has 0 radical (unpaired) electrons. The van der Waals surface area contributed by atoms with Gasteiger partial charge >= 0.3 is 5.97 Å². The molecule has 6 heteroatoms. The van der Waals surface area contributed by atoms with Crippen molar-refractivity contribution in [1.82, 2.24) is 0 Å². The van der Waals surface area contributed by atoms with Crippen LogP contribution in [0.5, 0.6) is 11.5 Å². The van der Waals surface area contributed by atoms with Crippen LogP contribution in [0.2, 0.25) is 0 Å². The van der Waals surface area contributed by atoms with Crippen molar-refractivity contribution in [3.8, 4) is 11.5 Å². The fourth-order valence-corrected chi connectivity index (χ4v) is 3.42. The van der Waals surface area contributed by atoms with E-state index in [1.54, 1.807) is 19.1 Å². The molecule has 0 saturated carbocycles. The SMILES string of the molecule is CCCOc1c(I)cc(C(=O)CC(CC)C(=O)O)cc1OCc1ccccc1. The van der Waals surface area contributed by atoms with E-state index in [0.29, 0.717) is 36.7 Å². The van der Waals surface area contributed by atoms with Crippen LogP contribution in [0, 0.1) is 9.49 Å². The van der Waals surface area contributed by atoms with Crippen LogP contribution in [-0.4, -0.2) is 23.5 Å². The molecule has 150 valence electrons. The van der Waals surface area contributed by atoms with E-state index in [4.69, 9.17) is 9.47 Å². The molecular weight excluding hydrogens is 471 g/mol. The minimum Gasteiger partial charge on any atom is -0.489 e. The van der Waals surface area contributed by atoms with Crippen molar-refractivity contribution in [3.05, 3.63) is 57.2 Å². The Hall–Kier alpha value is -2.09. The second kappa shape index (κ2) is 11.0. The van der Waals surface area contributed by atoms with Gasteiger partial charge < -0.3 is 14.6 Å². The molecule has 0 fully saturated rings. The molecule has 28 heavy (non-hydrogen) atoms. The maximum Gasteiger partial charge on any atom is 0.306 e. The fraction of sp³-hybridized carbons (Fsp3) is 0.364. The predicted molar refractivity (Wildman–Crippen MR) is 116 cm³/mol. The lowest BCUT2D eigenvalue weighted by Crippen LogP contribution is -2.17. The first-order valence-corrected chi connectivity index (χ1v) is 10.4. The molecular formula is C22H25IO5. The Labute approximate surface area is 179 Å². The number of benzene rings is 2. The molecule has 1 N–H and O–H groups in total. The van der Waals surface area contributed by atoms with Crippen LogP contribution in [0.3, 0.4) is 0 Å². The standard InChI is InChI=1S/C22H25IO5/c1-3-10-27-21-18(23)11-17(19(24)12-16(4-2)22(25)26)13-20(21)28-14-15-8-6-5-7-9-15/h5-9,11,13,16H,3-4,10,12,14H2,1-2H3,(H,25,26). The van der Waals surface area contributed by atoms with Crippen molar-refractivity contribution in [1.29, 1.82) is 0 Å². The quantitative estimate of drug-likeness (QED) is 0.336. The molecule has 0 saturated heterocycles. The van der Waals surface area contributed by atoms with E-state index in [1.165, 1.54) is 0 Å². The fourth-order valence-electron chi connectivity index (χ4n) is 2.66. The Morgan fingerprint density at radius 3 is 2.43 bits per heavy atom. The van der Waals surface area contributed by atoms with Crippen LogP contribution < -0.4 is 9.47 Å². The molecule has 2 rings (SSSR count). The van der Waals surface area contributed by atoms with E-state index in [0.717, 1.165) is 15.6 Å². The van der Waals surface area contributed by atoms with Gasteiger partial charge in [0.05, 0.1) is 16.1 Å². The summed E-state index contributed by atoms with van der Waals surface area (Å²) in [6.07, 6.45) is 1.23. The summed E-state index contributed by atoms with van der Waals surface area (Å²) < 4.78 is 12.6. The van der Waals surface area contributed by atoms with Gasteiger partial charge in [-0.05, 0) is 53.1 Å². The molecule has 0 spiro atoms. The Balaban J connectivity index is 2.28. The summed E-state index contributed by atoms with van der Waals surface area (Å²) in [5.74, 6) is -0.737. The molecule has 0 aliphatic heterocycles. The Morgan fingerprint density at radius 2 is 1.82 bits per heavy atom. The number of carboxylic acid groups (broad SMARTS) is 1. The van der Waals surface area contributed by atoms with Gasteiger partial charge in [-0.25, -0.2) is 0 Å². The number of halogens is 1. The monoisotopic (exact) mass is 496 g/mol. The normalized spacial score (nSPS) is 11.7. The number of carbonyl (C=O) groups is 2. The second-order valence-electron chi connectivity index (χ2n) is 6.48. The molecule has 0 aliphatic carbocycles. The topological polar surface area (TPSA) is 72.8 Å². The number of ketones is 1. The first kappa shape index (κ1) is 22.2.